The molecule has 2 bridgehead atoms. The summed E-state index contributed by atoms with van der Waals surface area (Å²) in [5.74, 6) is -4.28. The van der Waals surface area contributed by atoms with Crippen LogP contribution in [0.3, 0.4) is 0 Å². The van der Waals surface area contributed by atoms with Crippen LogP contribution in [-0.2, 0) is 59.0 Å². The highest BCUT2D eigenvalue weighted by molar-refractivity contribution is 5.96. The number of cyclic esters (lactones) is 1. The summed E-state index contributed by atoms with van der Waals surface area (Å²) in [5, 5.41) is 26.6. The summed E-state index contributed by atoms with van der Waals surface area (Å²) in [7, 11) is 0. The molecule has 4 saturated heterocycles. The van der Waals surface area contributed by atoms with Gasteiger partial charge in [-0.1, -0.05) is 77.6 Å². The summed E-state index contributed by atoms with van der Waals surface area (Å²) in [5.41, 5.74) is -0.869. The van der Waals surface area contributed by atoms with Gasteiger partial charge in [0.1, 0.15) is 42.5 Å². The van der Waals surface area contributed by atoms with E-state index in [1.54, 1.807) is 44.2 Å². The van der Waals surface area contributed by atoms with Crippen LogP contribution in [0, 0.1) is 10.8 Å². The number of amides is 2. The van der Waals surface area contributed by atoms with E-state index in [1.165, 1.54) is 18.1 Å². The van der Waals surface area contributed by atoms with Crippen LogP contribution in [-0.4, -0.2) is 119 Å². The second kappa shape index (κ2) is 18.1. The Morgan fingerprint density at radius 3 is 2.28 bits per heavy atom. The molecule has 0 unspecified atom stereocenters. The molecule has 1 aromatic rings. The SMILES string of the molecule is CCCCCC1(CCCCC)O[C@@H]2[C@H](O1)[C@H]1ON(Cc3ccc(C=CC(=O)O[C@H]4C(=O)OCC4(C)C)cc3)[C@H]3C(=O)O[C@@H]2C[C@@]13C(=O)N[C@@H](C(=O)NCCO)[C@H](C)O. The zero-order valence-corrected chi connectivity index (χ0v) is 34.1. The first-order chi connectivity index (χ1) is 27.7. The van der Waals surface area contributed by atoms with Gasteiger partial charge in [-0.3, -0.25) is 19.2 Å². The number of benzene rings is 1. The lowest BCUT2D eigenvalue weighted by atomic mass is 9.62. The molecule has 58 heavy (non-hydrogen) atoms. The van der Waals surface area contributed by atoms with E-state index >= 15 is 0 Å². The predicted molar refractivity (Wildman–Crippen MR) is 206 cm³/mol. The van der Waals surface area contributed by atoms with Crippen LogP contribution in [0.1, 0.15) is 104 Å². The molecule has 1 aliphatic carbocycles. The Kier molecular flexibility index (Phi) is 13.6. The van der Waals surface area contributed by atoms with Crippen molar-refractivity contribution in [2.45, 2.75) is 153 Å². The van der Waals surface area contributed by atoms with E-state index in [1.807, 2.05) is 0 Å². The van der Waals surface area contributed by atoms with Gasteiger partial charge in [0.25, 0.3) is 0 Å². The first kappa shape index (κ1) is 43.6. The molecule has 4 aliphatic heterocycles. The molecule has 1 saturated carbocycles. The molecule has 16 heteroatoms. The summed E-state index contributed by atoms with van der Waals surface area (Å²) in [6.07, 6.45) is 4.06. The Morgan fingerprint density at radius 1 is 1.00 bits per heavy atom. The molecule has 2 amide bonds. The molecule has 5 aliphatic rings. The van der Waals surface area contributed by atoms with Crippen LogP contribution < -0.4 is 10.6 Å². The number of nitrogens with zero attached hydrogens (tertiary/aromatic N) is 1. The van der Waals surface area contributed by atoms with Gasteiger partial charge < -0.3 is 44.5 Å². The Labute approximate surface area is 339 Å². The summed E-state index contributed by atoms with van der Waals surface area (Å²) < 4.78 is 30.2. The highest BCUT2D eigenvalue weighted by Crippen LogP contribution is 2.58. The number of hydrogen-bond acceptors (Lipinski definition) is 14. The number of hydroxylamine groups is 2. The largest absolute Gasteiger partial charge is 0.462 e. The molecular weight excluding hydrogens is 754 g/mol. The van der Waals surface area contributed by atoms with Crippen LogP contribution in [0.2, 0.25) is 0 Å². The number of esters is 3. The Hall–Kier alpha value is -3.93. The van der Waals surface area contributed by atoms with Crippen molar-refractivity contribution in [3.05, 3.63) is 41.5 Å². The van der Waals surface area contributed by atoms with Crippen LogP contribution in [0.15, 0.2) is 30.3 Å². The van der Waals surface area contributed by atoms with Crippen molar-refractivity contribution in [3.8, 4) is 0 Å². The number of carbonyl (C=O) groups excluding carboxylic acids is 5. The number of unbranched alkanes of at least 4 members (excludes halogenated alkanes) is 4. The third-order valence-electron chi connectivity index (χ3n) is 11.9. The van der Waals surface area contributed by atoms with E-state index in [0.29, 0.717) is 24.0 Å². The van der Waals surface area contributed by atoms with Crippen LogP contribution in [0.4, 0.5) is 0 Å². The zero-order chi connectivity index (χ0) is 41.8. The standard InChI is InChI=1S/C42H59N3O13/c1-6-8-10-18-41(19-11-9-7-2)56-31-28-22-42(39(52)44-30(25(3)47)36(49)43-20-21-46)33(37(50)54-28)45(58-34(42)32(31)57-41)23-27-14-12-26(13-15-27)16-17-29(48)55-35-38(51)53-24-40(35,4)5/h12-17,25,28,30-35,46-47H,6-11,18-24H2,1-5H3,(H,43,49)(H,44,52)/t25-,28+,30+,31-,32-,33-,34+,35-,42-/m0/s1. The number of nitrogens with one attached hydrogen (secondary N) is 2. The van der Waals surface area contributed by atoms with Gasteiger partial charge in [0, 0.05) is 37.3 Å². The number of hydrogen-bond donors (Lipinski definition) is 4. The first-order valence-electron chi connectivity index (χ1n) is 20.7. The minimum Gasteiger partial charge on any atom is -0.462 e. The molecule has 0 aromatic heterocycles. The Bertz CT molecular complexity index is 1690. The van der Waals surface area contributed by atoms with E-state index in [0.717, 1.165) is 38.5 Å². The second-order valence-electron chi connectivity index (χ2n) is 16.9. The van der Waals surface area contributed by atoms with Crippen molar-refractivity contribution in [2.24, 2.45) is 10.8 Å². The van der Waals surface area contributed by atoms with E-state index < -0.39 is 95.0 Å². The lowest BCUT2D eigenvalue weighted by Crippen LogP contribution is -2.71. The molecule has 0 radical (unpaired) electrons. The van der Waals surface area contributed by atoms with Crippen LogP contribution >= 0.6 is 0 Å². The van der Waals surface area contributed by atoms with Gasteiger partial charge in [0.05, 0.1) is 19.3 Å². The molecule has 9 atom stereocenters. The van der Waals surface area contributed by atoms with Gasteiger partial charge in [0.2, 0.25) is 17.9 Å². The molecule has 0 spiro atoms. The van der Waals surface area contributed by atoms with Crippen molar-refractivity contribution in [1.82, 2.24) is 15.7 Å². The smallest absolute Gasteiger partial charge is 0.348 e. The predicted octanol–water partition coefficient (Wildman–Crippen LogP) is 2.61. The minimum atomic E-state index is -1.60. The van der Waals surface area contributed by atoms with Gasteiger partial charge in [-0.05, 0) is 37.0 Å². The van der Waals surface area contributed by atoms with Gasteiger partial charge in [0.15, 0.2) is 11.8 Å². The summed E-state index contributed by atoms with van der Waals surface area (Å²) in [4.78, 5) is 73.4. The maximum atomic E-state index is 14.8. The van der Waals surface area contributed by atoms with E-state index in [9.17, 15) is 34.2 Å². The average Bonchev–Trinajstić information content (AvgIpc) is 3.83. The summed E-state index contributed by atoms with van der Waals surface area (Å²) in [6.45, 7) is 8.97. The molecule has 16 nitrogen and oxygen atoms in total. The Balaban J connectivity index is 1.27. The van der Waals surface area contributed by atoms with Crippen molar-refractivity contribution >= 4 is 35.8 Å². The molecular formula is C42H59N3O13. The number of fused-ring (bicyclic) bond motifs is 4. The summed E-state index contributed by atoms with van der Waals surface area (Å²) >= 11 is 0. The molecule has 5 fully saturated rings. The zero-order valence-electron chi connectivity index (χ0n) is 34.1. The average molecular weight is 814 g/mol. The van der Waals surface area contributed by atoms with Crippen LogP contribution in [0.5, 0.6) is 0 Å². The summed E-state index contributed by atoms with van der Waals surface area (Å²) in [6, 6.07) is 4.46. The lowest BCUT2D eigenvalue weighted by Gasteiger charge is -2.49. The molecule has 1 aromatic carbocycles. The maximum absolute atomic E-state index is 14.8. The van der Waals surface area contributed by atoms with Crippen molar-refractivity contribution in [1.29, 1.82) is 0 Å². The van der Waals surface area contributed by atoms with Crippen molar-refractivity contribution in [3.63, 3.8) is 0 Å². The van der Waals surface area contributed by atoms with Crippen LogP contribution in [0.25, 0.3) is 6.08 Å². The van der Waals surface area contributed by atoms with Gasteiger partial charge in [-0.2, -0.15) is 5.06 Å². The quantitative estimate of drug-likeness (QED) is 0.0686. The fourth-order valence-corrected chi connectivity index (χ4v) is 8.84. The maximum Gasteiger partial charge on any atom is 0.348 e. The van der Waals surface area contributed by atoms with Crippen molar-refractivity contribution in [2.75, 3.05) is 19.8 Å². The van der Waals surface area contributed by atoms with E-state index in [2.05, 4.69) is 24.5 Å². The van der Waals surface area contributed by atoms with E-state index in [4.69, 9.17) is 28.5 Å². The van der Waals surface area contributed by atoms with Gasteiger partial charge >= 0.3 is 17.9 Å². The van der Waals surface area contributed by atoms with Gasteiger partial charge in [-0.25, -0.2) is 9.59 Å². The minimum absolute atomic E-state index is 0.0291. The molecule has 4 heterocycles. The monoisotopic (exact) mass is 813 g/mol. The fourth-order valence-electron chi connectivity index (χ4n) is 8.84. The van der Waals surface area contributed by atoms with Crippen molar-refractivity contribution < 1.29 is 62.7 Å². The fraction of sp³-hybridized carbons (Fsp3) is 0.690. The highest BCUT2D eigenvalue weighted by atomic mass is 16.8. The molecule has 6 rings (SSSR count). The number of rotatable bonds is 19. The lowest BCUT2D eigenvalue weighted by molar-refractivity contribution is -0.224. The number of ether oxygens (including phenoxy) is 5. The van der Waals surface area contributed by atoms with E-state index in [-0.39, 0.29) is 32.7 Å². The number of aliphatic hydroxyl groups is 2. The Morgan fingerprint density at radius 2 is 1.67 bits per heavy atom. The highest BCUT2D eigenvalue weighted by Gasteiger charge is 2.76. The third-order valence-corrected chi connectivity index (χ3v) is 11.9. The molecule has 320 valence electrons. The third kappa shape index (κ3) is 8.82. The normalized spacial score (nSPS) is 30.3. The van der Waals surface area contributed by atoms with Gasteiger partial charge in [-0.15, -0.1) is 0 Å². The number of carbonyl (C=O) groups is 5. The topological polar surface area (TPSA) is 208 Å². The second-order valence-corrected chi connectivity index (χ2v) is 16.9. The first-order valence-corrected chi connectivity index (χ1v) is 20.7. The molecule has 4 N–H and O–H groups in total. The number of aliphatic hydroxyl groups excluding tert-OH is 2.